The highest BCUT2D eigenvalue weighted by atomic mass is 16.5. The molecule has 1 saturated heterocycles. The molecule has 0 spiro atoms. The molecule has 26 heavy (non-hydrogen) atoms. The van der Waals surface area contributed by atoms with E-state index in [0.29, 0.717) is 13.0 Å². The number of carbonyl (C=O) groups is 1. The lowest BCUT2D eigenvalue weighted by atomic mass is 10.1. The largest absolute Gasteiger partial charge is 0.383 e. The van der Waals surface area contributed by atoms with Gasteiger partial charge in [-0.1, -0.05) is 30.3 Å². The van der Waals surface area contributed by atoms with Crippen molar-refractivity contribution in [2.75, 3.05) is 48.4 Å². The van der Waals surface area contributed by atoms with Gasteiger partial charge in [0, 0.05) is 31.7 Å². The number of ether oxygens (including phenoxy) is 1. The Bertz CT molecular complexity index is 734. The highest BCUT2D eigenvalue weighted by Crippen LogP contribution is 2.26. The number of amides is 1. The normalized spacial score (nSPS) is 14.2. The number of nitrogens with zero attached hydrogens (tertiary/aromatic N) is 1. The number of morpholine rings is 1. The van der Waals surface area contributed by atoms with E-state index in [1.165, 1.54) is 5.69 Å². The topological polar surface area (TPSA) is 53.6 Å². The fraction of sp³-hybridized carbons (Fsp3) is 0.381. The zero-order chi connectivity index (χ0) is 18.4. The van der Waals surface area contributed by atoms with Gasteiger partial charge in [-0.25, -0.2) is 0 Å². The van der Waals surface area contributed by atoms with Crippen LogP contribution in [-0.4, -0.2) is 38.8 Å². The molecular weight excluding hydrogens is 326 g/mol. The van der Waals surface area contributed by atoms with E-state index < -0.39 is 0 Å². The maximum absolute atomic E-state index is 12.3. The van der Waals surface area contributed by atoms with Crippen LogP contribution in [0.15, 0.2) is 42.5 Å². The molecule has 0 unspecified atom stereocenters. The Morgan fingerprint density at radius 3 is 2.46 bits per heavy atom. The highest BCUT2D eigenvalue weighted by molar-refractivity contribution is 5.92. The number of hydrogen-bond acceptors (Lipinski definition) is 4. The lowest BCUT2D eigenvalue weighted by Gasteiger charge is -2.30. The van der Waals surface area contributed by atoms with Gasteiger partial charge >= 0.3 is 0 Å². The molecular formula is C21H27N3O2. The van der Waals surface area contributed by atoms with Crippen molar-refractivity contribution in [1.82, 2.24) is 0 Å². The first-order chi connectivity index (χ1) is 12.6. The highest BCUT2D eigenvalue weighted by Gasteiger charge is 2.14. The molecule has 5 heteroatoms. The molecule has 2 aromatic rings. The first-order valence-electron chi connectivity index (χ1n) is 9.17. The molecule has 138 valence electrons. The molecule has 0 saturated carbocycles. The average molecular weight is 353 g/mol. The maximum Gasteiger partial charge on any atom is 0.226 e. The summed E-state index contributed by atoms with van der Waals surface area (Å²) in [5, 5.41) is 6.45. The minimum absolute atomic E-state index is 0.0266. The second kappa shape index (κ2) is 8.72. The smallest absolute Gasteiger partial charge is 0.226 e. The Hall–Kier alpha value is -2.53. The maximum atomic E-state index is 12.3. The molecule has 0 atom stereocenters. The number of nitrogens with one attached hydrogen (secondary N) is 2. The molecule has 5 nitrogen and oxygen atoms in total. The second-order valence-electron chi connectivity index (χ2n) is 6.61. The molecule has 0 aromatic heterocycles. The van der Waals surface area contributed by atoms with E-state index in [0.717, 1.165) is 48.8 Å². The Morgan fingerprint density at radius 2 is 1.73 bits per heavy atom. The van der Waals surface area contributed by atoms with Gasteiger partial charge in [0.05, 0.1) is 24.6 Å². The molecule has 1 aliphatic rings. The summed E-state index contributed by atoms with van der Waals surface area (Å²) < 4.78 is 5.43. The average Bonchev–Trinajstić information content (AvgIpc) is 2.66. The third-order valence-electron chi connectivity index (χ3n) is 4.67. The van der Waals surface area contributed by atoms with Gasteiger partial charge in [-0.05, 0) is 37.1 Å². The number of benzene rings is 2. The van der Waals surface area contributed by atoms with Gasteiger partial charge in [0.15, 0.2) is 0 Å². The van der Waals surface area contributed by atoms with E-state index in [1.54, 1.807) is 0 Å². The predicted octanol–water partition coefficient (Wildman–Crippen LogP) is 3.58. The summed E-state index contributed by atoms with van der Waals surface area (Å²) in [6.07, 6.45) is 0.422. The Balaban J connectivity index is 1.56. The van der Waals surface area contributed by atoms with E-state index in [4.69, 9.17) is 4.74 Å². The fourth-order valence-corrected chi connectivity index (χ4v) is 3.23. The van der Waals surface area contributed by atoms with Crippen molar-refractivity contribution in [2.45, 2.75) is 20.3 Å². The first-order valence-corrected chi connectivity index (χ1v) is 9.17. The van der Waals surface area contributed by atoms with E-state index in [9.17, 15) is 4.79 Å². The molecule has 1 fully saturated rings. The van der Waals surface area contributed by atoms with Gasteiger partial charge in [-0.2, -0.15) is 0 Å². The Kier molecular flexibility index (Phi) is 6.12. The van der Waals surface area contributed by atoms with Crippen LogP contribution in [-0.2, 0) is 9.53 Å². The summed E-state index contributed by atoms with van der Waals surface area (Å²) in [6.45, 7) is 7.92. The van der Waals surface area contributed by atoms with Crippen molar-refractivity contribution >= 4 is 23.0 Å². The van der Waals surface area contributed by atoms with Gasteiger partial charge in [0.25, 0.3) is 0 Å². The number of aryl methyl sites for hydroxylation is 2. The van der Waals surface area contributed by atoms with Crippen LogP contribution < -0.4 is 15.5 Å². The van der Waals surface area contributed by atoms with Gasteiger partial charge in [0.2, 0.25) is 5.91 Å². The van der Waals surface area contributed by atoms with Crippen LogP contribution in [0.25, 0.3) is 0 Å². The second-order valence-corrected chi connectivity index (χ2v) is 6.61. The summed E-state index contributed by atoms with van der Waals surface area (Å²) in [6, 6.07) is 14.3. The zero-order valence-corrected chi connectivity index (χ0v) is 15.5. The monoisotopic (exact) mass is 353 g/mol. The molecule has 1 aliphatic heterocycles. The lowest BCUT2D eigenvalue weighted by molar-refractivity contribution is -0.115. The van der Waals surface area contributed by atoms with Crippen molar-refractivity contribution in [2.24, 2.45) is 0 Å². The molecule has 0 radical (unpaired) electrons. The summed E-state index contributed by atoms with van der Waals surface area (Å²) in [4.78, 5) is 14.6. The Labute approximate surface area is 155 Å². The van der Waals surface area contributed by atoms with E-state index in [2.05, 4.69) is 27.7 Å². The van der Waals surface area contributed by atoms with Crippen LogP contribution in [0, 0.1) is 13.8 Å². The van der Waals surface area contributed by atoms with Crippen LogP contribution >= 0.6 is 0 Å². The van der Waals surface area contributed by atoms with E-state index in [-0.39, 0.29) is 5.91 Å². The van der Waals surface area contributed by atoms with Gasteiger partial charge < -0.3 is 20.3 Å². The number of anilines is 3. The van der Waals surface area contributed by atoms with Crippen LogP contribution in [0.4, 0.5) is 17.1 Å². The van der Waals surface area contributed by atoms with E-state index in [1.807, 2.05) is 44.2 Å². The van der Waals surface area contributed by atoms with Crippen molar-refractivity contribution in [3.05, 3.63) is 53.6 Å². The van der Waals surface area contributed by atoms with E-state index >= 15 is 0 Å². The van der Waals surface area contributed by atoms with Crippen molar-refractivity contribution in [3.63, 3.8) is 0 Å². The molecule has 2 N–H and O–H groups in total. The van der Waals surface area contributed by atoms with Gasteiger partial charge in [0.1, 0.15) is 0 Å². The zero-order valence-electron chi connectivity index (χ0n) is 15.5. The third kappa shape index (κ3) is 4.55. The minimum Gasteiger partial charge on any atom is -0.383 e. The number of rotatable bonds is 6. The molecule has 1 amide bonds. The van der Waals surface area contributed by atoms with Crippen LogP contribution in [0.1, 0.15) is 17.5 Å². The summed E-state index contributed by atoms with van der Waals surface area (Å²) >= 11 is 0. The number of carbonyl (C=O) groups excluding carboxylic acids is 1. The third-order valence-corrected chi connectivity index (χ3v) is 4.67. The first kappa shape index (κ1) is 18.3. The molecule has 2 aromatic carbocycles. The molecule has 3 rings (SSSR count). The molecule has 0 aliphatic carbocycles. The Morgan fingerprint density at radius 1 is 1.04 bits per heavy atom. The minimum atomic E-state index is 0.0266. The van der Waals surface area contributed by atoms with Gasteiger partial charge in [-0.15, -0.1) is 0 Å². The number of hydrogen-bond donors (Lipinski definition) is 2. The van der Waals surface area contributed by atoms with Crippen molar-refractivity contribution in [3.8, 4) is 0 Å². The van der Waals surface area contributed by atoms with Crippen LogP contribution in [0.3, 0.4) is 0 Å². The SMILES string of the molecule is Cc1cccc(C)c1NC(=O)CCNc1ccccc1N1CCOCC1. The van der Waals surface area contributed by atoms with Crippen LogP contribution in [0.5, 0.6) is 0 Å². The van der Waals surface area contributed by atoms with Crippen molar-refractivity contribution in [1.29, 1.82) is 0 Å². The molecule has 0 bridgehead atoms. The standard InChI is InChI=1S/C21H27N3O2/c1-16-6-5-7-17(2)21(16)23-20(25)10-11-22-18-8-3-4-9-19(18)24-12-14-26-15-13-24/h3-9,22H,10-15H2,1-2H3,(H,23,25). The summed E-state index contributed by atoms with van der Waals surface area (Å²) in [7, 11) is 0. The fourth-order valence-electron chi connectivity index (χ4n) is 3.23. The summed E-state index contributed by atoms with van der Waals surface area (Å²) in [5.41, 5.74) is 5.33. The van der Waals surface area contributed by atoms with Gasteiger partial charge in [-0.3, -0.25) is 4.79 Å². The quantitative estimate of drug-likeness (QED) is 0.833. The van der Waals surface area contributed by atoms with Crippen LogP contribution in [0.2, 0.25) is 0 Å². The molecule has 1 heterocycles. The predicted molar refractivity (Wildman–Crippen MR) is 107 cm³/mol. The van der Waals surface area contributed by atoms with Crippen molar-refractivity contribution < 1.29 is 9.53 Å². The summed E-state index contributed by atoms with van der Waals surface area (Å²) in [5.74, 6) is 0.0266. The number of para-hydroxylation sites is 3. The lowest BCUT2D eigenvalue weighted by Crippen LogP contribution is -2.36.